The third-order valence-corrected chi connectivity index (χ3v) is 8.68. The van der Waals surface area contributed by atoms with Gasteiger partial charge in [-0.2, -0.15) is 4.31 Å². The van der Waals surface area contributed by atoms with Crippen LogP contribution in [0.15, 0.2) is 65.1 Å². The number of nitrogens with one attached hydrogen (secondary N) is 1. The van der Waals surface area contributed by atoms with Crippen LogP contribution in [0.2, 0.25) is 0 Å². The van der Waals surface area contributed by atoms with Crippen LogP contribution in [0.3, 0.4) is 0 Å². The van der Waals surface area contributed by atoms with E-state index in [2.05, 4.69) is 15.0 Å². The van der Waals surface area contributed by atoms with Gasteiger partial charge in [0.15, 0.2) is 0 Å². The first-order valence-electron chi connectivity index (χ1n) is 12.7. The average Bonchev–Trinajstić information content (AvgIpc) is 3.48. The molecule has 14 heteroatoms. The fourth-order valence-electron chi connectivity index (χ4n) is 5.03. The van der Waals surface area contributed by atoms with Crippen LogP contribution in [-0.4, -0.2) is 76.9 Å². The smallest absolute Gasteiger partial charge is 0.406 e. The van der Waals surface area contributed by atoms with E-state index in [0.29, 0.717) is 5.56 Å². The lowest BCUT2D eigenvalue weighted by Gasteiger charge is -2.34. The van der Waals surface area contributed by atoms with E-state index in [1.807, 2.05) is 6.07 Å². The number of carbonyl (C=O) groups excluding carboxylic acids is 1. The van der Waals surface area contributed by atoms with Crippen molar-refractivity contribution in [1.29, 1.82) is 0 Å². The summed E-state index contributed by atoms with van der Waals surface area (Å²) < 4.78 is 71.1. The quantitative estimate of drug-likeness (QED) is 0.368. The summed E-state index contributed by atoms with van der Waals surface area (Å²) in [5.74, 6) is -0.786. The number of ether oxygens (including phenoxy) is 1. The molecule has 41 heavy (non-hydrogen) atoms. The average molecular weight is 593 g/mol. The monoisotopic (exact) mass is 592 g/mol. The summed E-state index contributed by atoms with van der Waals surface area (Å²) in [5, 5.41) is 23.4. The van der Waals surface area contributed by atoms with Gasteiger partial charge in [-0.1, -0.05) is 24.3 Å². The van der Waals surface area contributed by atoms with E-state index in [4.69, 9.17) is 5.11 Å². The summed E-state index contributed by atoms with van der Waals surface area (Å²) in [4.78, 5) is 17.4. The largest absolute Gasteiger partial charge is 0.573 e. The van der Waals surface area contributed by atoms with Crippen LogP contribution in [0.25, 0.3) is 17.0 Å². The maximum atomic E-state index is 13.1. The topological polar surface area (TPSA) is 133 Å². The number of aliphatic imine (C=N–C) groups is 1. The highest BCUT2D eigenvalue weighted by Gasteiger charge is 2.47. The number of hydrogen-bond acceptors (Lipinski definition) is 7. The molecule has 1 fully saturated rings. The predicted octanol–water partition coefficient (Wildman–Crippen LogP) is 2.60. The number of halogens is 3. The lowest BCUT2D eigenvalue weighted by Crippen LogP contribution is -2.50. The molecule has 5 rings (SSSR count). The number of amides is 1. The molecule has 3 N–H and O–H groups in total. The van der Waals surface area contributed by atoms with Crippen molar-refractivity contribution >= 4 is 38.7 Å². The summed E-state index contributed by atoms with van der Waals surface area (Å²) in [6.45, 7) is -0.153. The van der Waals surface area contributed by atoms with Crippen molar-refractivity contribution in [3.05, 3.63) is 71.3 Å². The maximum Gasteiger partial charge on any atom is 0.573 e. The minimum atomic E-state index is -4.87. The van der Waals surface area contributed by atoms with Gasteiger partial charge in [-0.05, 0) is 48.7 Å². The fraction of sp³-hybridized carbons (Fsp3) is 0.333. The Kier molecular flexibility index (Phi) is 7.68. The van der Waals surface area contributed by atoms with E-state index < -0.39 is 39.7 Å². The first kappa shape index (κ1) is 28.8. The standard InChI is InChI=1S/C27H27F3N4O6S/c28-27(29,30)40-21-5-1-4-19(15-21)24-31-25(37)26(32-24)9-12-34(13-10-26)41(38,39)14-8-18-3-2-6-23-22(18)7-11-33(23)16-20(36)17-35/h1-8,11,14-15,20,35-36H,9-10,12-13,16-17H2,(H,31,32,37)/b14-8+/t20-/m0/s1. The number of fused-ring (bicyclic) bond motifs is 1. The van der Waals surface area contributed by atoms with E-state index in [1.165, 1.54) is 22.5 Å². The molecule has 1 aromatic heterocycles. The van der Waals surface area contributed by atoms with Crippen LogP contribution >= 0.6 is 0 Å². The van der Waals surface area contributed by atoms with Crippen LogP contribution in [0.5, 0.6) is 5.75 Å². The Bertz CT molecular complexity index is 1630. The Morgan fingerprint density at radius 2 is 1.88 bits per heavy atom. The molecule has 0 bridgehead atoms. The number of aliphatic hydroxyl groups excluding tert-OH is 2. The Balaban J connectivity index is 1.29. The summed E-state index contributed by atoms with van der Waals surface area (Å²) in [5.41, 5.74) is 0.440. The van der Waals surface area contributed by atoms with Gasteiger partial charge in [0.2, 0.25) is 10.0 Å². The van der Waals surface area contributed by atoms with Crippen LogP contribution in [0, 0.1) is 0 Å². The highest BCUT2D eigenvalue weighted by atomic mass is 32.2. The van der Waals surface area contributed by atoms with Gasteiger partial charge in [0.05, 0.1) is 19.3 Å². The molecule has 2 aliphatic heterocycles. The van der Waals surface area contributed by atoms with Crippen LogP contribution < -0.4 is 10.1 Å². The van der Waals surface area contributed by atoms with Crippen LogP contribution in [0.4, 0.5) is 13.2 Å². The molecule has 0 unspecified atom stereocenters. The Hall–Kier alpha value is -3.72. The number of aliphatic hydroxyl groups is 2. The second kappa shape index (κ2) is 10.9. The van der Waals surface area contributed by atoms with E-state index in [9.17, 15) is 31.5 Å². The van der Waals surface area contributed by atoms with Gasteiger partial charge in [0.1, 0.15) is 17.1 Å². The molecule has 1 amide bonds. The Labute approximate surface area is 233 Å². The lowest BCUT2D eigenvalue weighted by atomic mass is 9.89. The van der Waals surface area contributed by atoms with Gasteiger partial charge in [0.25, 0.3) is 5.91 Å². The summed E-state index contributed by atoms with van der Waals surface area (Å²) in [6, 6.07) is 12.3. The number of carbonyl (C=O) groups is 1. The number of nitrogens with zero attached hydrogens (tertiary/aromatic N) is 3. The number of rotatable bonds is 8. The molecular weight excluding hydrogens is 565 g/mol. The second-order valence-corrected chi connectivity index (χ2v) is 11.7. The Morgan fingerprint density at radius 3 is 2.59 bits per heavy atom. The molecule has 0 saturated carbocycles. The molecule has 0 aliphatic carbocycles. The van der Waals surface area contributed by atoms with Gasteiger partial charge >= 0.3 is 6.36 Å². The molecular formula is C27H27F3N4O6S. The number of hydrogen-bond donors (Lipinski definition) is 3. The third-order valence-electron chi connectivity index (χ3n) is 7.12. The van der Waals surface area contributed by atoms with Crippen molar-refractivity contribution in [3.8, 4) is 5.75 Å². The Morgan fingerprint density at radius 1 is 1.15 bits per heavy atom. The van der Waals surface area contributed by atoms with E-state index in [0.717, 1.165) is 28.4 Å². The molecule has 1 atom stereocenters. The summed E-state index contributed by atoms with van der Waals surface area (Å²) in [6.07, 6.45) is -2.36. The van der Waals surface area contributed by atoms with Crippen molar-refractivity contribution in [2.75, 3.05) is 19.7 Å². The first-order valence-corrected chi connectivity index (χ1v) is 14.2. The zero-order valence-electron chi connectivity index (χ0n) is 21.6. The van der Waals surface area contributed by atoms with Gasteiger partial charge in [0, 0.05) is 41.2 Å². The number of amidine groups is 1. The van der Waals surface area contributed by atoms with Crippen LogP contribution in [0.1, 0.15) is 24.0 Å². The van der Waals surface area contributed by atoms with Crippen molar-refractivity contribution < 1.29 is 41.3 Å². The molecule has 218 valence electrons. The normalized spacial score (nSPS) is 18.7. The van der Waals surface area contributed by atoms with E-state index >= 15 is 0 Å². The van der Waals surface area contributed by atoms with E-state index in [1.54, 1.807) is 29.0 Å². The predicted molar refractivity (Wildman–Crippen MR) is 144 cm³/mol. The van der Waals surface area contributed by atoms with Crippen molar-refractivity contribution in [2.45, 2.75) is 37.4 Å². The SMILES string of the molecule is O=C1NC(c2cccc(OC(F)(F)F)c2)=NC12CCN(S(=O)(=O)/C=C/c1cccc3c1ccn3C[C@H](O)CO)CC2. The zero-order chi connectivity index (χ0) is 29.4. The van der Waals surface area contributed by atoms with Gasteiger partial charge in [-0.3, -0.25) is 9.79 Å². The van der Waals surface area contributed by atoms with E-state index in [-0.39, 0.29) is 50.5 Å². The number of piperidine rings is 1. The highest BCUT2D eigenvalue weighted by Crippen LogP contribution is 2.33. The van der Waals surface area contributed by atoms with Gasteiger partial charge < -0.3 is 24.8 Å². The van der Waals surface area contributed by atoms with Gasteiger partial charge in [-0.15, -0.1) is 13.2 Å². The van der Waals surface area contributed by atoms with Gasteiger partial charge in [-0.25, -0.2) is 8.42 Å². The number of alkyl halides is 3. The number of sulfonamides is 1. The molecule has 2 aromatic carbocycles. The summed E-state index contributed by atoms with van der Waals surface area (Å²) >= 11 is 0. The molecule has 1 spiro atoms. The molecule has 10 nitrogen and oxygen atoms in total. The second-order valence-electron chi connectivity index (χ2n) is 9.85. The molecule has 0 radical (unpaired) electrons. The number of benzene rings is 2. The lowest BCUT2D eigenvalue weighted by molar-refractivity contribution is -0.274. The van der Waals surface area contributed by atoms with Crippen molar-refractivity contribution in [1.82, 2.24) is 14.2 Å². The van der Waals surface area contributed by atoms with Crippen LogP contribution in [-0.2, 0) is 21.4 Å². The minimum Gasteiger partial charge on any atom is -0.406 e. The van der Waals surface area contributed by atoms with Crippen molar-refractivity contribution in [2.24, 2.45) is 4.99 Å². The fourth-order valence-corrected chi connectivity index (χ4v) is 6.21. The third kappa shape index (κ3) is 6.15. The van der Waals surface area contributed by atoms with Crippen molar-refractivity contribution in [3.63, 3.8) is 0 Å². The molecule has 1 saturated heterocycles. The molecule has 3 heterocycles. The first-order chi connectivity index (χ1) is 19.4. The molecule has 2 aliphatic rings. The zero-order valence-corrected chi connectivity index (χ0v) is 22.4. The summed E-state index contributed by atoms with van der Waals surface area (Å²) in [7, 11) is -3.85. The molecule has 3 aromatic rings. The minimum absolute atomic E-state index is 0.0216. The number of aromatic nitrogens is 1. The maximum absolute atomic E-state index is 13.1. The highest BCUT2D eigenvalue weighted by molar-refractivity contribution is 7.92.